The number of nitrogen functional groups attached to an aromatic ring is 1. The van der Waals surface area contributed by atoms with E-state index in [1.807, 2.05) is 12.1 Å². The molecule has 0 radical (unpaired) electrons. The molecular formula is C16H26N2O2. The highest BCUT2D eigenvalue weighted by Crippen LogP contribution is 2.17. The first-order valence-corrected chi connectivity index (χ1v) is 7.55. The molecule has 0 saturated carbocycles. The summed E-state index contributed by atoms with van der Waals surface area (Å²) in [5, 5.41) is 10.1. The Labute approximate surface area is 121 Å². The monoisotopic (exact) mass is 278 g/mol. The topological polar surface area (TPSA) is 58.7 Å². The number of β-amino-alcohol motifs (C(OH)–C–C–N with tert-alkyl or cyclic N) is 1. The van der Waals surface area contributed by atoms with Crippen LogP contribution in [0, 0.1) is 0 Å². The van der Waals surface area contributed by atoms with E-state index in [0.29, 0.717) is 19.2 Å². The van der Waals surface area contributed by atoms with Crippen LogP contribution in [-0.2, 0) is 0 Å². The summed E-state index contributed by atoms with van der Waals surface area (Å²) in [6.07, 6.45) is 4.61. The summed E-state index contributed by atoms with van der Waals surface area (Å²) < 4.78 is 5.60. The zero-order chi connectivity index (χ0) is 14.4. The van der Waals surface area contributed by atoms with E-state index in [9.17, 15) is 5.11 Å². The SMILES string of the molecule is CC1CCCCCN1CC(O)COc1ccc(N)cc1. The van der Waals surface area contributed by atoms with Crippen molar-refractivity contribution in [2.45, 2.75) is 44.8 Å². The maximum absolute atomic E-state index is 10.1. The van der Waals surface area contributed by atoms with Gasteiger partial charge in [0.25, 0.3) is 0 Å². The number of benzene rings is 1. The minimum Gasteiger partial charge on any atom is -0.491 e. The number of nitrogens with two attached hydrogens (primary N) is 1. The maximum atomic E-state index is 10.1. The summed E-state index contributed by atoms with van der Waals surface area (Å²) in [6.45, 7) is 4.35. The van der Waals surface area contributed by atoms with Crippen molar-refractivity contribution in [3.63, 3.8) is 0 Å². The summed E-state index contributed by atoms with van der Waals surface area (Å²) in [5.74, 6) is 0.752. The summed E-state index contributed by atoms with van der Waals surface area (Å²) >= 11 is 0. The lowest BCUT2D eigenvalue weighted by Crippen LogP contribution is -2.40. The molecule has 20 heavy (non-hydrogen) atoms. The molecule has 2 atom stereocenters. The van der Waals surface area contributed by atoms with Crippen LogP contribution in [0.1, 0.15) is 32.6 Å². The number of likely N-dealkylation sites (tertiary alicyclic amines) is 1. The number of aliphatic hydroxyl groups excluding tert-OH is 1. The number of ether oxygens (including phenoxy) is 1. The van der Waals surface area contributed by atoms with Gasteiger partial charge in [-0.05, 0) is 50.6 Å². The van der Waals surface area contributed by atoms with Crippen molar-refractivity contribution in [3.05, 3.63) is 24.3 Å². The molecule has 4 nitrogen and oxygen atoms in total. The average molecular weight is 278 g/mol. The number of aliphatic hydroxyl groups is 1. The van der Waals surface area contributed by atoms with E-state index in [2.05, 4.69) is 11.8 Å². The second-order valence-electron chi connectivity index (χ2n) is 5.73. The quantitative estimate of drug-likeness (QED) is 0.811. The fourth-order valence-electron chi connectivity index (χ4n) is 2.69. The molecule has 0 aliphatic carbocycles. The second-order valence-corrected chi connectivity index (χ2v) is 5.73. The molecule has 1 aliphatic heterocycles. The van der Waals surface area contributed by atoms with Crippen LogP contribution in [0.25, 0.3) is 0 Å². The number of hydrogen-bond acceptors (Lipinski definition) is 4. The molecule has 2 rings (SSSR count). The molecule has 1 aromatic carbocycles. The van der Waals surface area contributed by atoms with Crippen LogP contribution in [-0.4, -0.2) is 41.8 Å². The van der Waals surface area contributed by atoms with E-state index >= 15 is 0 Å². The van der Waals surface area contributed by atoms with Gasteiger partial charge in [-0.1, -0.05) is 12.8 Å². The van der Waals surface area contributed by atoms with E-state index in [4.69, 9.17) is 10.5 Å². The van der Waals surface area contributed by atoms with Gasteiger partial charge in [0.1, 0.15) is 18.5 Å². The standard InChI is InChI=1S/C16H26N2O2/c1-13-5-3-2-4-10-18(13)11-15(19)12-20-16-8-6-14(17)7-9-16/h6-9,13,15,19H,2-5,10-12,17H2,1H3. The predicted molar refractivity (Wildman–Crippen MR) is 81.9 cm³/mol. The largest absolute Gasteiger partial charge is 0.491 e. The third kappa shape index (κ3) is 4.69. The Morgan fingerprint density at radius 1 is 1.30 bits per heavy atom. The molecule has 3 N–H and O–H groups in total. The molecular weight excluding hydrogens is 252 g/mol. The van der Waals surface area contributed by atoms with E-state index in [-0.39, 0.29) is 0 Å². The second kappa shape index (κ2) is 7.50. The Morgan fingerprint density at radius 2 is 2.05 bits per heavy atom. The number of anilines is 1. The molecule has 1 aliphatic rings. The molecule has 0 aromatic heterocycles. The molecule has 4 heteroatoms. The van der Waals surface area contributed by atoms with E-state index in [0.717, 1.165) is 18.0 Å². The minimum atomic E-state index is -0.451. The lowest BCUT2D eigenvalue weighted by atomic mass is 10.1. The fraction of sp³-hybridized carbons (Fsp3) is 0.625. The third-order valence-electron chi connectivity index (χ3n) is 3.96. The van der Waals surface area contributed by atoms with Crippen LogP contribution in [0.2, 0.25) is 0 Å². The molecule has 0 amide bonds. The fourth-order valence-corrected chi connectivity index (χ4v) is 2.69. The molecule has 1 fully saturated rings. The summed E-state index contributed by atoms with van der Waals surface area (Å²) in [4.78, 5) is 2.38. The Morgan fingerprint density at radius 3 is 2.80 bits per heavy atom. The van der Waals surface area contributed by atoms with Crippen molar-refractivity contribution >= 4 is 5.69 Å². The maximum Gasteiger partial charge on any atom is 0.119 e. The molecule has 1 aromatic rings. The highest BCUT2D eigenvalue weighted by Gasteiger charge is 2.19. The first-order chi connectivity index (χ1) is 9.65. The molecule has 0 bridgehead atoms. The van der Waals surface area contributed by atoms with Gasteiger partial charge in [-0.3, -0.25) is 4.90 Å². The number of nitrogens with zero attached hydrogens (tertiary/aromatic N) is 1. The normalized spacial score (nSPS) is 22.2. The van der Waals surface area contributed by atoms with Crippen molar-refractivity contribution in [1.29, 1.82) is 0 Å². The van der Waals surface area contributed by atoms with Gasteiger partial charge in [-0.25, -0.2) is 0 Å². The number of hydrogen-bond donors (Lipinski definition) is 2. The Bertz CT molecular complexity index is 394. The van der Waals surface area contributed by atoms with Gasteiger partial charge in [0.05, 0.1) is 0 Å². The highest BCUT2D eigenvalue weighted by atomic mass is 16.5. The van der Waals surface area contributed by atoms with E-state index in [1.54, 1.807) is 12.1 Å². The van der Waals surface area contributed by atoms with E-state index < -0.39 is 6.10 Å². The zero-order valence-electron chi connectivity index (χ0n) is 12.3. The molecule has 112 valence electrons. The van der Waals surface area contributed by atoms with Gasteiger partial charge < -0.3 is 15.6 Å². The van der Waals surface area contributed by atoms with Gasteiger partial charge in [0.2, 0.25) is 0 Å². The predicted octanol–water partition coefficient (Wildman–Crippen LogP) is 2.27. The number of rotatable bonds is 5. The van der Waals surface area contributed by atoms with Gasteiger partial charge in [-0.2, -0.15) is 0 Å². The summed E-state index contributed by atoms with van der Waals surface area (Å²) in [6, 6.07) is 7.83. The molecule has 1 saturated heterocycles. The summed E-state index contributed by atoms with van der Waals surface area (Å²) in [7, 11) is 0. The van der Waals surface area contributed by atoms with Crippen molar-refractivity contribution in [3.8, 4) is 5.75 Å². The van der Waals surface area contributed by atoms with Crippen LogP contribution < -0.4 is 10.5 Å². The van der Waals surface area contributed by atoms with Gasteiger partial charge in [0, 0.05) is 18.3 Å². The first-order valence-electron chi connectivity index (χ1n) is 7.55. The van der Waals surface area contributed by atoms with Crippen LogP contribution in [0.4, 0.5) is 5.69 Å². The van der Waals surface area contributed by atoms with Crippen LogP contribution in [0.3, 0.4) is 0 Å². The van der Waals surface area contributed by atoms with Gasteiger partial charge in [-0.15, -0.1) is 0 Å². The van der Waals surface area contributed by atoms with Crippen LogP contribution in [0.15, 0.2) is 24.3 Å². The molecule has 1 heterocycles. The van der Waals surface area contributed by atoms with Crippen LogP contribution in [0.5, 0.6) is 5.75 Å². The zero-order valence-corrected chi connectivity index (χ0v) is 12.3. The lowest BCUT2D eigenvalue weighted by Gasteiger charge is -2.29. The van der Waals surface area contributed by atoms with Gasteiger partial charge in [0.15, 0.2) is 0 Å². The Hall–Kier alpha value is -1.26. The average Bonchev–Trinajstić information content (AvgIpc) is 2.64. The van der Waals surface area contributed by atoms with Crippen molar-refractivity contribution in [1.82, 2.24) is 4.90 Å². The third-order valence-corrected chi connectivity index (χ3v) is 3.96. The molecule has 0 spiro atoms. The minimum absolute atomic E-state index is 0.327. The molecule has 2 unspecified atom stereocenters. The van der Waals surface area contributed by atoms with Crippen molar-refractivity contribution < 1.29 is 9.84 Å². The summed E-state index contributed by atoms with van der Waals surface area (Å²) in [5.41, 5.74) is 6.34. The smallest absolute Gasteiger partial charge is 0.119 e. The van der Waals surface area contributed by atoms with Gasteiger partial charge >= 0.3 is 0 Å². The van der Waals surface area contributed by atoms with Crippen LogP contribution >= 0.6 is 0 Å². The lowest BCUT2D eigenvalue weighted by molar-refractivity contribution is 0.0559. The highest BCUT2D eigenvalue weighted by molar-refractivity contribution is 5.41. The first kappa shape index (κ1) is 15.1. The van der Waals surface area contributed by atoms with Crippen molar-refractivity contribution in [2.75, 3.05) is 25.4 Å². The van der Waals surface area contributed by atoms with Crippen molar-refractivity contribution in [2.24, 2.45) is 0 Å². The Kier molecular flexibility index (Phi) is 5.68. The Balaban J connectivity index is 1.76. The van der Waals surface area contributed by atoms with E-state index in [1.165, 1.54) is 25.7 Å².